The maximum atomic E-state index is 3.56. The maximum absolute atomic E-state index is 3.56. The summed E-state index contributed by atoms with van der Waals surface area (Å²) in [6.07, 6.45) is 0. The van der Waals surface area contributed by atoms with Gasteiger partial charge in [0, 0.05) is 10.4 Å². The summed E-state index contributed by atoms with van der Waals surface area (Å²) in [5, 5.41) is 5.23. The lowest BCUT2D eigenvalue weighted by molar-refractivity contribution is 1.03. The highest BCUT2D eigenvalue weighted by atomic mass is 79.9. The van der Waals surface area contributed by atoms with Crippen LogP contribution in [0.1, 0.15) is 22.6 Å². The van der Waals surface area contributed by atoms with Gasteiger partial charge in [0.25, 0.3) is 0 Å². The SMILES string of the molecule is Brc1ccc(-c2cccc(-c3ccc4c(c3)-c3c(ccc5ccccc35)C4c3cccc4ccccc34)c2)cc1. The van der Waals surface area contributed by atoms with Crippen molar-refractivity contribution >= 4 is 37.5 Å². The smallest absolute Gasteiger partial charge is 0.0358 e. The predicted octanol–water partition coefficient (Wildman–Crippen LogP) is 11.3. The first-order chi connectivity index (χ1) is 19.7. The lowest BCUT2D eigenvalue weighted by Gasteiger charge is -2.17. The summed E-state index contributed by atoms with van der Waals surface area (Å²) in [6, 6.07) is 53.5. The molecule has 0 fully saturated rings. The molecular formula is C39H25Br. The highest BCUT2D eigenvalue weighted by molar-refractivity contribution is 9.10. The van der Waals surface area contributed by atoms with Gasteiger partial charge in [-0.15, -0.1) is 0 Å². The van der Waals surface area contributed by atoms with Crippen molar-refractivity contribution in [3.05, 3.63) is 167 Å². The van der Waals surface area contributed by atoms with Crippen molar-refractivity contribution in [2.24, 2.45) is 0 Å². The number of rotatable bonds is 3. The molecular weight excluding hydrogens is 548 g/mol. The molecule has 8 rings (SSSR count). The van der Waals surface area contributed by atoms with Crippen LogP contribution in [0.2, 0.25) is 0 Å². The zero-order chi connectivity index (χ0) is 26.6. The normalized spacial score (nSPS) is 13.9. The van der Waals surface area contributed by atoms with E-state index >= 15 is 0 Å². The van der Waals surface area contributed by atoms with Gasteiger partial charge in [0.1, 0.15) is 0 Å². The van der Waals surface area contributed by atoms with E-state index in [0.29, 0.717) is 0 Å². The van der Waals surface area contributed by atoms with Gasteiger partial charge in [0.2, 0.25) is 0 Å². The highest BCUT2D eigenvalue weighted by Crippen LogP contribution is 2.52. The molecule has 40 heavy (non-hydrogen) atoms. The minimum Gasteiger partial charge on any atom is -0.0616 e. The van der Waals surface area contributed by atoms with Gasteiger partial charge in [-0.2, -0.15) is 0 Å². The van der Waals surface area contributed by atoms with Crippen LogP contribution in [0, 0.1) is 0 Å². The van der Waals surface area contributed by atoms with E-state index in [1.807, 2.05) is 0 Å². The summed E-state index contributed by atoms with van der Waals surface area (Å²) in [5.41, 5.74) is 11.8. The van der Waals surface area contributed by atoms with Crippen LogP contribution in [-0.4, -0.2) is 0 Å². The molecule has 0 aromatic heterocycles. The molecule has 1 atom stereocenters. The third-order valence-electron chi connectivity index (χ3n) is 8.41. The molecule has 0 radical (unpaired) electrons. The molecule has 1 aliphatic rings. The fraction of sp³-hybridized carbons (Fsp3) is 0.0256. The predicted molar refractivity (Wildman–Crippen MR) is 173 cm³/mol. The summed E-state index contributed by atoms with van der Waals surface area (Å²) in [4.78, 5) is 0. The van der Waals surface area contributed by atoms with Gasteiger partial charge < -0.3 is 0 Å². The third-order valence-corrected chi connectivity index (χ3v) is 8.94. The summed E-state index contributed by atoms with van der Waals surface area (Å²) >= 11 is 3.56. The Labute approximate surface area is 242 Å². The van der Waals surface area contributed by atoms with E-state index in [2.05, 4.69) is 162 Å². The monoisotopic (exact) mass is 572 g/mol. The van der Waals surface area contributed by atoms with Crippen LogP contribution in [0.15, 0.2) is 150 Å². The van der Waals surface area contributed by atoms with Crippen LogP contribution >= 0.6 is 15.9 Å². The molecule has 0 amide bonds. The van der Waals surface area contributed by atoms with Crippen LogP contribution < -0.4 is 0 Å². The first kappa shape index (κ1) is 23.4. The average molecular weight is 574 g/mol. The lowest BCUT2D eigenvalue weighted by Crippen LogP contribution is -2.00. The summed E-state index contributed by atoms with van der Waals surface area (Å²) in [5.74, 6) is 0.198. The molecule has 0 nitrogen and oxygen atoms in total. The molecule has 188 valence electrons. The summed E-state index contributed by atoms with van der Waals surface area (Å²) in [7, 11) is 0. The standard InChI is InChI=1S/C39H25Br/c40-31-19-15-25(16-20-31)28-10-5-11-29(23-28)30-18-21-35-37(24-30)38-33-13-4-2-8-27(33)17-22-36(38)39(35)34-14-6-9-26-7-1-3-12-32(26)34/h1-24,39H. The van der Waals surface area contributed by atoms with Crippen molar-refractivity contribution in [2.75, 3.05) is 0 Å². The summed E-state index contributed by atoms with van der Waals surface area (Å²) in [6.45, 7) is 0. The van der Waals surface area contributed by atoms with Gasteiger partial charge >= 0.3 is 0 Å². The molecule has 0 saturated heterocycles. The Morgan fingerprint density at radius 3 is 1.82 bits per heavy atom. The van der Waals surface area contributed by atoms with Crippen molar-refractivity contribution in [1.29, 1.82) is 0 Å². The van der Waals surface area contributed by atoms with Gasteiger partial charge in [0.15, 0.2) is 0 Å². The van der Waals surface area contributed by atoms with E-state index in [-0.39, 0.29) is 5.92 Å². The number of halogens is 1. The topological polar surface area (TPSA) is 0 Å². The van der Waals surface area contributed by atoms with E-state index in [9.17, 15) is 0 Å². The zero-order valence-electron chi connectivity index (χ0n) is 21.8. The Balaban J connectivity index is 1.35. The molecule has 0 aliphatic heterocycles. The van der Waals surface area contributed by atoms with E-state index in [1.165, 1.54) is 71.6 Å². The van der Waals surface area contributed by atoms with Crippen molar-refractivity contribution in [3.63, 3.8) is 0 Å². The molecule has 0 N–H and O–H groups in total. The molecule has 1 aliphatic carbocycles. The van der Waals surface area contributed by atoms with Crippen molar-refractivity contribution in [2.45, 2.75) is 5.92 Å². The first-order valence-electron chi connectivity index (χ1n) is 13.7. The Kier molecular flexibility index (Phi) is 5.46. The van der Waals surface area contributed by atoms with E-state index < -0.39 is 0 Å². The minimum absolute atomic E-state index is 0.198. The first-order valence-corrected chi connectivity index (χ1v) is 14.5. The highest BCUT2D eigenvalue weighted by Gasteiger charge is 2.32. The fourth-order valence-electron chi connectivity index (χ4n) is 6.56. The van der Waals surface area contributed by atoms with Gasteiger partial charge in [-0.3, -0.25) is 0 Å². The summed E-state index contributed by atoms with van der Waals surface area (Å²) < 4.78 is 1.10. The van der Waals surface area contributed by atoms with Gasteiger partial charge in [-0.05, 0) is 95.9 Å². The van der Waals surface area contributed by atoms with Crippen LogP contribution in [0.3, 0.4) is 0 Å². The molecule has 1 heteroatoms. The number of hydrogen-bond acceptors (Lipinski definition) is 0. The maximum Gasteiger partial charge on any atom is 0.0358 e. The van der Waals surface area contributed by atoms with Crippen LogP contribution in [0.5, 0.6) is 0 Å². The molecule has 0 saturated carbocycles. The second-order valence-electron chi connectivity index (χ2n) is 10.6. The van der Waals surface area contributed by atoms with E-state index in [0.717, 1.165) is 4.47 Å². The third kappa shape index (κ3) is 3.73. The van der Waals surface area contributed by atoms with Gasteiger partial charge in [-0.25, -0.2) is 0 Å². The number of hydrogen-bond donors (Lipinski definition) is 0. The molecule has 7 aromatic carbocycles. The zero-order valence-corrected chi connectivity index (χ0v) is 23.4. The van der Waals surface area contributed by atoms with Gasteiger partial charge in [-0.1, -0.05) is 137 Å². The molecule has 1 unspecified atom stereocenters. The fourth-order valence-corrected chi connectivity index (χ4v) is 6.82. The van der Waals surface area contributed by atoms with Crippen LogP contribution in [0.25, 0.3) is 54.9 Å². The molecule has 7 aromatic rings. The van der Waals surface area contributed by atoms with Gasteiger partial charge in [0.05, 0.1) is 0 Å². The average Bonchev–Trinajstić information content (AvgIpc) is 3.35. The number of fused-ring (bicyclic) bond motifs is 6. The lowest BCUT2D eigenvalue weighted by atomic mass is 9.85. The number of benzene rings is 7. The Morgan fingerprint density at radius 1 is 0.400 bits per heavy atom. The Hall–Kier alpha value is -4.46. The second kappa shape index (κ2) is 9.33. The molecule has 0 spiro atoms. The Bertz CT molecular complexity index is 2060. The van der Waals surface area contributed by atoms with Crippen molar-refractivity contribution in [3.8, 4) is 33.4 Å². The van der Waals surface area contributed by atoms with Crippen LogP contribution in [-0.2, 0) is 0 Å². The quantitative estimate of drug-likeness (QED) is 0.197. The van der Waals surface area contributed by atoms with Crippen LogP contribution in [0.4, 0.5) is 0 Å². The minimum atomic E-state index is 0.198. The molecule has 0 bridgehead atoms. The molecule has 0 heterocycles. The van der Waals surface area contributed by atoms with Crippen molar-refractivity contribution < 1.29 is 0 Å². The van der Waals surface area contributed by atoms with Crippen molar-refractivity contribution in [1.82, 2.24) is 0 Å². The van der Waals surface area contributed by atoms with E-state index in [1.54, 1.807) is 0 Å². The second-order valence-corrected chi connectivity index (χ2v) is 11.6. The largest absolute Gasteiger partial charge is 0.0616 e. The Morgan fingerprint density at radius 2 is 1.00 bits per heavy atom. The van der Waals surface area contributed by atoms with E-state index in [4.69, 9.17) is 0 Å².